The van der Waals surface area contributed by atoms with Gasteiger partial charge in [-0.3, -0.25) is 14.3 Å². The molecule has 0 aromatic heterocycles. The summed E-state index contributed by atoms with van der Waals surface area (Å²) < 4.78 is 12.3. The van der Waals surface area contributed by atoms with Crippen LogP contribution in [0.1, 0.15) is 31.2 Å². The molecule has 0 aliphatic heterocycles. The number of rotatable bonds is 3. The topological polar surface area (TPSA) is 60.2 Å². The van der Waals surface area contributed by atoms with Crippen LogP contribution in [0.15, 0.2) is 23.1 Å². The second-order valence-corrected chi connectivity index (χ2v) is 6.13. The maximum absolute atomic E-state index is 12.3. The Labute approximate surface area is 103 Å². The number of nitrogens with zero attached hydrogens (tertiary/aromatic N) is 1. The standard InChI is InChI=1S/C12H15NO3S/c1-9-6-7-11(13(14)15)12(8-9)17(16)10-4-2-3-5-10/h6-8,10H,2-5H2,1H3. The molecular weight excluding hydrogens is 238 g/mol. The first-order chi connectivity index (χ1) is 8.09. The highest BCUT2D eigenvalue weighted by molar-refractivity contribution is 7.85. The summed E-state index contributed by atoms with van der Waals surface area (Å²) in [5, 5.41) is 11.0. The van der Waals surface area contributed by atoms with Crippen molar-refractivity contribution in [3.05, 3.63) is 33.9 Å². The Kier molecular flexibility index (Phi) is 3.57. The van der Waals surface area contributed by atoms with Gasteiger partial charge in [0.05, 0.1) is 15.7 Å². The van der Waals surface area contributed by atoms with E-state index in [2.05, 4.69) is 0 Å². The minimum atomic E-state index is -1.24. The van der Waals surface area contributed by atoms with Crippen LogP contribution in [-0.4, -0.2) is 14.4 Å². The van der Waals surface area contributed by atoms with E-state index in [9.17, 15) is 14.3 Å². The highest BCUT2D eigenvalue weighted by atomic mass is 32.2. The zero-order chi connectivity index (χ0) is 12.4. The minimum Gasteiger partial charge on any atom is -0.258 e. The summed E-state index contributed by atoms with van der Waals surface area (Å²) in [6, 6.07) is 4.83. The Morgan fingerprint density at radius 1 is 1.35 bits per heavy atom. The van der Waals surface area contributed by atoms with Gasteiger partial charge in [0.2, 0.25) is 0 Å². The zero-order valence-corrected chi connectivity index (χ0v) is 10.5. The molecule has 1 aromatic carbocycles. The highest BCUT2D eigenvalue weighted by Crippen LogP contribution is 2.31. The molecule has 1 saturated carbocycles. The third-order valence-electron chi connectivity index (χ3n) is 3.13. The molecule has 17 heavy (non-hydrogen) atoms. The fourth-order valence-electron chi connectivity index (χ4n) is 2.22. The Morgan fingerprint density at radius 2 is 2.00 bits per heavy atom. The Morgan fingerprint density at radius 3 is 2.59 bits per heavy atom. The average molecular weight is 253 g/mol. The molecule has 0 saturated heterocycles. The molecule has 0 amide bonds. The van der Waals surface area contributed by atoms with Gasteiger partial charge in [-0.1, -0.05) is 18.9 Å². The van der Waals surface area contributed by atoms with Crippen LogP contribution in [0.5, 0.6) is 0 Å². The van der Waals surface area contributed by atoms with E-state index in [1.165, 1.54) is 6.07 Å². The third-order valence-corrected chi connectivity index (χ3v) is 4.97. The lowest BCUT2D eigenvalue weighted by Gasteiger charge is -2.10. The van der Waals surface area contributed by atoms with Crippen molar-refractivity contribution in [3.63, 3.8) is 0 Å². The van der Waals surface area contributed by atoms with Crippen LogP contribution in [0.25, 0.3) is 0 Å². The molecule has 0 heterocycles. The Hall–Kier alpha value is -1.23. The predicted octanol–water partition coefficient (Wildman–Crippen LogP) is 2.95. The number of nitro benzene ring substituents is 1. The van der Waals surface area contributed by atoms with Gasteiger partial charge in [-0.2, -0.15) is 0 Å². The molecule has 1 atom stereocenters. The van der Waals surface area contributed by atoms with Crippen molar-refractivity contribution in [1.82, 2.24) is 0 Å². The number of hydrogen-bond donors (Lipinski definition) is 0. The number of aryl methyl sites for hydroxylation is 1. The molecule has 0 bridgehead atoms. The number of nitro groups is 1. The summed E-state index contributed by atoms with van der Waals surface area (Å²) in [6.45, 7) is 1.86. The van der Waals surface area contributed by atoms with Crippen molar-refractivity contribution in [2.24, 2.45) is 0 Å². The van der Waals surface area contributed by atoms with Crippen LogP contribution in [0, 0.1) is 17.0 Å². The van der Waals surface area contributed by atoms with Crippen molar-refractivity contribution in [1.29, 1.82) is 0 Å². The zero-order valence-electron chi connectivity index (χ0n) is 9.72. The lowest BCUT2D eigenvalue weighted by molar-refractivity contribution is -0.387. The maximum atomic E-state index is 12.3. The molecule has 0 spiro atoms. The van der Waals surface area contributed by atoms with Crippen molar-refractivity contribution < 1.29 is 9.13 Å². The fourth-order valence-corrected chi connectivity index (χ4v) is 3.99. The smallest absolute Gasteiger partial charge is 0.258 e. The van der Waals surface area contributed by atoms with Gasteiger partial charge < -0.3 is 0 Å². The summed E-state index contributed by atoms with van der Waals surface area (Å²) in [4.78, 5) is 10.9. The maximum Gasteiger partial charge on any atom is 0.285 e. The molecule has 1 fully saturated rings. The highest BCUT2D eigenvalue weighted by Gasteiger charge is 2.27. The first-order valence-electron chi connectivity index (χ1n) is 5.75. The molecule has 5 heteroatoms. The van der Waals surface area contributed by atoms with E-state index >= 15 is 0 Å². The summed E-state index contributed by atoms with van der Waals surface area (Å²) in [7, 11) is -1.24. The van der Waals surface area contributed by atoms with Gasteiger partial charge in [0.1, 0.15) is 4.90 Å². The van der Waals surface area contributed by atoms with Gasteiger partial charge in [-0.25, -0.2) is 0 Å². The van der Waals surface area contributed by atoms with Gasteiger partial charge in [0.25, 0.3) is 5.69 Å². The lowest BCUT2D eigenvalue weighted by atomic mass is 10.2. The molecule has 1 aliphatic carbocycles. The lowest BCUT2D eigenvalue weighted by Crippen LogP contribution is -2.12. The quantitative estimate of drug-likeness (QED) is 0.614. The van der Waals surface area contributed by atoms with E-state index in [-0.39, 0.29) is 10.9 Å². The monoisotopic (exact) mass is 253 g/mol. The van der Waals surface area contributed by atoms with Gasteiger partial charge in [-0.15, -0.1) is 0 Å². The normalized spacial score (nSPS) is 18.2. The fraction of sp³-hybridized carbons (Fsp3) is 0.500. The average Bonchev–Trinajstić information content (AvgIpc) is 2.80. The van der Waals surface area contributed by atoms with E-state index in [1.54, 1.807) is 12.1 Å². The summed E-state index contributed by atoms with van der Waals surface area (Å²) in [6.07, 6.45) is 3.99. The van der Waals surface area contributed by atoms with E-state index in [0.717, 1.165) is 31.2 Å². The van der Waals surface area contributed by atoms with Crippen molar-refractivity contribution in [2.45, 2.75) is 42.8 Å². The molecule has 4 nitrogen and oxygen atoms in total. The van der Waals surface area contributed by atoms with Crippen LogP contribution in [-0.2, 0) is 10.8 Å². The van der Waals surface area contributed by atoms with Crippen molar-refractivity contribution in [2.75, 3.05) is 0 Å². The van der Waals surface area contributed by atoms with E-state index < -0.39 is 15.7 Å². The largest absolute Gasteiger partial charge is 0.285 e. The molecule has 0 radical (unpaired) electrons. The number of hydrogen-bond acceptors (Lipinski definition) is 3. The molecular formula is C12H15NO3S. The Balaban J connectivity index is 2.38. The van der Waals surface area contributed by atoms with E-state index in [0.29, 0.717) is 4.90 Å². The molecule has 92 valence electrons. The summed E-state index contributed by atoms with van der Waals surface area (Å²) in [5.74, 6) is 0. The van der Waals surface area contributed by atoms with Crippen LogP contribution in [0.4, 0.5) is 5.69 Å². The van der Waals surface area contributed by atoms with Crippen molar-refractivity contribution in [3.8, 4) is 0 Å². The van der Waals surface area contributed by atoms with Gasteiger partial charge >= 0.3 is 0 Å². The second kappa shape index (κ2) is 4.96. The predicted molar refractivity (Wildman–Crippen MR) is 66.5 cm³/mol. The SMILES string of the molecule is Cc1ccc([N+](=O)[O-])c(S(=O)C2CCCC2)c1. The molecule has 1 unspecified atom stereocenters. The van der Waals surface area contributed by atoms with Crippen molar-refractivity contribution >= 4 is 16.5 Å². The number of benzene rings is 1. The van der Waals surface area contributed by atoms with Crippen LogP contribution >= 0.6 is 0 Å². The van der Waals surface area contributed by atoms with E-state index in [1.807, 2.05) is 6.92 Å². The van der Waals surface area contributed by atoms with Gasteiger partial charge in [0, 0.05) is 11.3 Å². The molecule has 1 aliphatic rings. The minimum absolute atomic E-state index is 0.0131. The first kappa shape index (κ1) is 12.2. The van der Waals surface area contributed by atoms with Gasteiger partial charge in [0.15, 0.2) is 0 Å². The molecule has 2 rings (SSSR count). The van der Waals surface area contributed by atoms with E-state index in [4.69, 9.17) is 0 Å². The Bertz CT molecular complexity index is 467. The van der Waals surface area contributed by atoms with Gasteiger partial charge in [-0.05, 0) is 31.4 Å². The first-order valence-corrected chi connectivity index (χ1v) is 6.96. The second-order valence-electron chi connectivity index (χ2n) is 4.43. The molecule has 0 N–H and O–H groups in total. The summed E-state index contributed by atoms with van der Waals surface area (Å²) >= 11 is 0. The van der Waals surface area contributed by atoms with Crippen LogP contribution < -0.4 is 0 Å². The third kappa shape index (κ3) is 2.54. The van der Waals surface area contributed by atoms with Crippen LogP contribution in [0.3, 0.4) is 0 Å². The molecule has 1 aromatic rings. The summed E-state index contributed by atoms with van der Waals surface area (Å²) in [5.41, 5.74) is 0.901. The van der Waals surface area contributed by atoms with Crippen LogP contribution in [0.2, 0.25) is 0 Å².